The maximum atomic E-state index is 11.0. The topological polar surface area (TPSA) is 64.3 Å². The number of nitrogens with two attached hydrogens (primary N) is 1. The molecule has 0 atom stereocenters. The van der Waals surface area contributed by atoms with Crippen LogP contribution in [0.15, 0.2) is 24.3 Å². The number of nitrogens with one attached hydrogen (secondary N) is 1. The number of carbonyl (C=O) groups excluding carboxylic acids is 1. The average Bonchev–Trinajstić information content (AvgIpc) is 2.37. The molecule has 1 rings (SSSR count). The molecule has 1 aromatic carbocycles. The summed E-state index contributed by atoms with van der Waals surface area (Å²) in [5.41, 5.74) is 6.86. The molecule has 0 fully saturated rings. The zero-order chi connectivity index (χ0) is 14.1. The highest BCUT2D eigenvalue weighted by molar-refractivity contribution is 5.92. The molecule has 0 unspecified atom stereocenters. The Morgan fingerprint density at radius 3 is 2.89 bits per heavy atom. The molecule has 0 saturated carbocycles. The standard InChI is InChI=1S/C15H24N2O2/c1-12(2)11-19-8-4-7-17-10-13-5-3-6-14(9-13)15(16)18/h3,5-6,9,12,17H,4,7-8,10-11H2,1-2H3,(H2,16,18). The molecule has 1 amide bonds. The molecule has 3 N–H and O–H groups in total. The van der Waals surface area contributed by atoms with Crippen molar-refractivity contribution in [3.63, 3.8) is 0 Å². The van der Waals surface area contributed by atoms with Gasteiger partial charge in [-0.25, -0.2) is 0 Å². The van der Waals surface area contributed by atoms with Crippen LogP contribution in [0.2, 0.25) is 0 Å². The maximum Gasteiger partial charge on any atom is 0.248 e. The van der Waals surface area contributed by atoms with Crippen molar-refractivity contribution in [1.29, 1.82) is 0 Å². The van der Waals surface area contributed by atoms with Gasteiger partial charge in [0, 0.05) is 25.3 Å². The quantitative estimate of drug-likeness (QED) is 0.670. The van der Waals surface area contributed by atoms with Crippen LogP contribution in [-0.4, -0.2) is 25.7 Å². The van der Waals surface area contributed by atoms with Crippen LogP contribution >= 0.6 is 0 Å². The zero-order valence-corrected chi connectivity index (χ0v) is 11.8. The van der Waals surface area contributed by atoms with Gasteiger partial charge >= 0.3 is 0 Å². The second kappa shape index (κ2) is 8.67. The van der Waals surface area contributed by atoms with E-state index in [-0.39, 0.29) is 5.91 Å². The second-order valence-electron chi connectivity index (χ2n) is 5.06. The smallest absolute Gasteiger partial charge is 0.248 e. The molecular formula is C15H24N2O2. The molecule has 4 nitrogen and oxygen atoms in total. The highest BCUT2D eigenvalue weighted by atomic mass is 16.5. The molecule has 4 heteroatoms. The van der Waals surface area contributed by atoms with Gasteiger partial charge in [-0.2, -0.15) is 0 Å². The van der Waals surface area contributed by atoms with E-state index < -0.39 is 0 Å². The first-order valence-electron chi connectivity index (χ1n) is 6.77. The summed E-state index contributed by atoms with van der Waals surface area (Å²) < 4.78 is 5.50. The first-order chi connectivity index (χ1) is 9.09. The number of hydrogen-bond donors (Lipinski definition) is 2. The first-order valence-corrected chi connectivity index (χ1v) is 6.77. The van der Waals surface area contributed by atoms with Crippen LogP contribution in [0.1, 0.15) is 36.2 Å². The van der Waals surface area contributed by atoms with Crippen LogP contribution in [-0.2, 0) is 11.3 Å². The summed E-state index contributed by atoms with van der Waals surface area (Å²) in [6.45, 7) is 7.53. The fourth-order valence-corrected chi connectivity index (χ4v) is 1.69. The molecule has 0 aliphatic rings. The number of hydrogen-bond acceptors (Lipinski definition) is 3. The Labute approximate surface area is 115 Å². The maximum absolute atomic E-state index is 11.0. The van der Waals surface area contributed by atoms with Gasteiger partial charge in [-0.15, -0.1) is 0 Å². The van der Waals surface area contributed by atoms with Crippen molar-refractivity contribution in [2.24, 2.45) is 11.7 Å². The summed E-state index contributed by atoms with van der Waals surface area (Å²) in [5.74, 6) is 0.202. The minimum absolute atomic E-state index is 0.385. The zero-order valence-electron chi connectivity index (χ0n) is 11.8. The summed E-state index contributed by atoms with van der Waals surface area (Å²) >= 11 is 0. The third kappa shape index (κ3) is 6.94. The predicted octanol–water partition coefficient (Wildman–Crippen LogP) is 1.94. The van der Waals surface area contributed by atoms with E-state index in [1.807, 2.05) is 18.2 Å². The van der Waals surface area contributed by atoms with E-state index >= 15 is 0 Å². The van der Waals surface area contributed by atoms with Gasteiger partial charge in [-0.1, -0.05) is 26.0 Å². The average molecular weight is 264 g/mol. The number of rotatable bonds is 9. The molecule has 0 aliphatic carbocycles. The van der Waals surface area contributed by atoms with E-state index in [1.165, 1.54) is 0 Å². The molecule has 0 saturated heterocycles. The molecular weight excluding hydrogens is 240 g/mol. The van der Waals surface area contributed by atoms with Crippen LogP contribution in [0, 0.1) is 5.92 Å². The lowest BCUT2D eigenvalue weighted by atomic mass is 10.1. The Bertz CT molecular complexity index is 391. The van der Waals surface area contributed by atoms with E-state index in [0.717, 1.165) is 38.3 Å². The molecule has 106 valence electrons. The Morgan fingerprint density at radius 2 is 2.21 bits per heavy atom. The van der Waals surface area contributed by atoms with Gasteiger partial charge in [-0.3, -0.25) is 4.79 Å². The molecule has 0 aliphatic heterocycles. The summed E-state index contributed by atoms with van der Waals surface area (Å²) in [7, 11) is 0. The highest BCUT2D eigenvalue weighted by Crippen LogP contribution is 2.04. The van der Waals surface area contributed by atoms with Gasteiger partial charge in [0.15, 0.2) is 0 Å². The largest absolute Gasteiger partial charge is 0.381 e. The third-order valence-corrected chi connectivity index (χ3v) is 2.63. The lowest BCUT2D eigenvalue weighted by Crippen LogP contribution is -2.17. The van der Waals surface area contributed by atoms with Crippen LogP contribution < -0.4 is 11.1 Å². The molecule has 0 radical (unpaired) electrons. The predicted molar refractivity (Wildman–Crippen MR) is 76.9 cm³/mol. The first kappa shape index (κ1) is 15.7. The number of carbonyl (C=O) groups is 1. The van der Waals surface area contributed by atoms with Gasteiger partial charge in [0.2, 0.25) is 5.91 Å². The van der Waals surface area contributed by atoms with E-state index in [9.17, 15) is 4.79 Å². The fraction of sp³-hybridized carbons (Fsp3) is 0.533. The SMILES string of the molecule is CC(C)COCCCNCc1cccc(C(N)=O)c1. The van der Waals surface area contributed by atoms with Gasteiger partial charge in [0.05, 0.1) is 0 Å². The van der Waals surface area contributed by atoms with Crippen molar-refractivity contribution >= 4 is 5.91 Å². The third-order valence-electron chi connectivity index (χ3n) is 2.63. The van der Waals surface area contributed by atoms with E-state index in [4.69, 9.17) is 10.5 Å². The Balaban J connectivity index is 2.15. The van der Waals surface area contributed by atoms with Crippen molar-refractivity contribution in [1.82, 2.24) is 5.32 Å². The molecule has 1 aromatic rings. The summed E-state index contributed by atoms with van der Waals surface area (Å²) in [6, 6.07) is 7.38. The van der Waals surface area contributed by atoms with Crippen molar-refractivity contribution < 1.29 is 9.53 Å². The van der Waals surface area contributed by atoms with Crippen LogP contribution in [0.3, 0.4) is 0 Å². The molecule has 0 spiro atoms. The summed E-state index contributed by atoms with van der Waals surface area (Å²) in [5, 5.41) is 3.32. The minimum atomic E-state index is -0.385. The van der Waals surface area contributed by atoms with Crippen LogP contribution in [0.5, 0.6) is 0 Å². The number of amides is 1. The number of primary amides is 1. The van der Waals surface area contributed by atoms with Gasteiger partial charge in [0.1, 0.15) is 0 Å². The monoisotopic (exact) mass is 264 g/mol. The van der Waals surface area contributed by atoms with Crippen molar-refractivity contribution in [2.45, 2.75) is 26.8 Å². The molecule has 19 heavy (non-hydrogen) atoms. The lowest BCUT2D eigenvalue weighted by Gasteiger charge is -2.08. The fourth-order valence-electron chi connectivity index (χ4n) is 1.69. The Kier molecular flexibility index (Phi) is 7.15. The molecule has 0 aromatic heterocycles. The van der Waals surface area contributed by atoms with Crippen molar-refractivity contribution in [2.75, 3.05) is 19.8 Å². The minimum Gasteiger partial charge on any atom is -0.381 e. The van der Waals surface area contributed by atoms with Gasteiger partial charge in [-0.05, 0) is 36.6 Å². The van der Waals surface area contributed by atoms with Crippen molar-refractivity contribution in [3.05, 3.63) is 35.4 Å². The van der Waals surface area contributed by atoms with Crippen LogP contribution in [0.25, 0.3) is 0 Å². The van der Waals surface area contributed by atoms with Crippen LogP contribution in [0.4, 0.5) is 0 Å². The molecule has 0 heterocycles. The van der Waals surface area contributed by atoms with E-state index in [1.54, 1.807) is 6.07 Å². The second-order valence-corrected chi connectivity index (χ2v) is 5.06. The van der Waals surface area contributed by atoms with Gasteiger partial charge in [0.25, 0.3) is 0 Å². The Morgan fingerprint density at radius 1 is 1.42 bits per heavy atom. The van der Waals surface area contributed by atoms with E-state index in [0.29, 0.717) is 11.5 Å². The highest BCUT2D eigenvalue weighted by Gasteiger charge is 2.00. The van der Waals surface area contributed by atoms with E-state index in [2.05, 4.69) is 19.2 Å². The molecule has 0 bridgehead atoms. The van der Waals surface area contributed by atoms with Gasteiger partial charge < -0.3 is 15.8 Å². The summed E-state index contributed by atoms with van der Waals surface area (Å²) in [6.07, 6.45) is 0.988. The summed E-state index contributed by atoms with van der Waals surface area (Å²) in [4.78, 5) is 11.0. The lowest BCUT2D eigenvalue weighted by molar-refractivity contribution is 0.1000. The number of ether oxygens (including phenoxy) is 1. The Hall–Kier alpha value is -1.39. The number of benzene rings is 1. The normalized spacial score (nSPS) is 10.9. The van der Waals surface area contributed by atoms with Crippen molar-refractivity contribution in [3.8, 4) is 0 Å².